The SMILES string of the molecule is CC(C)COc1cccc(C(=O)N2CCC(C(=O)O)C2)c1. The van der Waals surface area contributed by atoms with Crippen LogP contribution >= 0.6 is 0 Å². The van der Waals surface area contributed by atoms with Gasteiger partial charge in [0, 0.05) is 18.7 Å². The third-order valence-electron chi connectivity index (χ3n) is 3.49. The summed E-state index contributed by atoms with van der Waals surface area (Å²) in [4.78, 5) is 24.9. The Morgan fingerprint density at radius 2 is 2.19 bits per heavy atom. The van der Waals surface area contributed by atoms with Crippen LogP contribution < -0.4 is 4.74 Å². The minimum absolute atomic E-state index is 0.131. The molecule has 5 heteroatoms. The quantitative estimate of drug-likeness (QED) is 0.903. The van der Waals surface area contributed by atoms with Crippen molar-refractivity contribution in [1.82, 2.24) is 4.90 Å². The number of hydrogen-bond donors (Lipinski definition) is 1. The molecule has 1 fully saturated rings. The first kappa shape index (κ1) is 15.4. The Labute approximate surface area is 124 Å². The highest BCUT2D eigenvalue weighted by atomic mass is 16.5. The second-order valence-electron chi connectivity index (χ2n) is 5.81. The number of rotatable bonds is 5. The van der Waals surface area contributed by atoms with Crippen molar-refractivity contribution in [3.8, 4) is 5.75 Å². The number of nitrogens with zero attached hydrogens (tertiary/aromatic N) is 1. The molecule has 1 atom stereocenters. The highest BCUT2D eigenvalue weighted by molar-refractivity contribution is 5.95. The summed E-state index contributed by atoms with van der Waals surface area (Å²) in [6.45, 7) is 5.50. The van der Waals surface area contributed by atoms with Gasteiger partial charge in [0.05, 0.1) is 12.5 Å². The number of benzene rings is 1. The van der Waals surface area contributed by atoms with Crippen LogP contribution in [0.2, 0.25) is 0 Å². The van der Waals surface area contributed by atoms with Gasteiger partial charge in [-0.25, -0.2) is 0 Å². The smallest absolute Gasteiger partial charge is 0.308 e. The number of aliphatic carboxylic acids is 1. The lowest BCUT2D eigenvalue weighted by Gasteiger charge is -2.16. The number of amides is 1. The molecule has 1 aromatic carbocycles. The van der Waals surface area contributed by atoms with Crippen LogP contribution in [-0.2, 0) is 4.79 Å². The van der Waals surface area contributed by atoms with Gasteiger partial charge in [0.25, 0.3) is 5.91 Å². The lowest BCUT2D eigenvalue weighted by atomic mass is 10.1. The average molecular weight is 291 g/mol. The fourth-order valence-corrected chi connectivity index (χ4v) is 2.31. The van der Waals surface area contributed by atoms with Crippen molar-refractivity contribution < 1.29 is 19.4 Å². The van der Waals surface area contributed by atoms with E-state index in [0.29, 0.717) is 36.8 Å². The molecule has 0 aromatic heterocycles. The number of likely N-dealkylation sites (tertiary alicyclic amines) is 1. The number of carboxylic acid groups (broad SMARTS) is 1. The van der Waals surface area contributed by atoms with Crippen LogP contribution in [0, 0.1) is 11.8 Å². The van der Waals surface area contributed by atoms with E-state index < -0.39 is 11.9 Å². The highest BCUT2D eigenvalue weighted by Gasteiger charge is 2.31. The molecule has 21 heavy (non-hydrogen) atoms. The predicted molar refractivity (Wildman–Crippen MR) is 78.4 cm³/mol. The van der Waals surface area contributed by atoms with Gasteiger partial charge in [0.1, 0.15) is 5.75 Å². The molecule has 1 aromatic rings. The molecule has 1 unspecified atom stereocenters. The highest BCUT2D eigenvalue weighted by Crippen LogP contribution is 2.21. The lowest BCUT2D eigenvalue weighted by Crippen LogP contribution is -2.29. The van der Waals surface area contributed by atoms with Crippen LogP contribution in [0.25, 0.3) is 0 Å². The van der Waals surface area contributed by atoms with Gasteiger partial charge in [-0.1, -0.05) is 19.9 Å². The third-order valence-corrected chi connectivity index (χ3v) is 3.49. The number of carbonyl (C=O) groups excluding carboxylic acids is 1. The van der Waals surface area contributed by atoms with Crippen molar-refractivity contribution in [3.05, 3.63) is 29.8 Å². The maximum atomic E-state index is 12.4. The van der Waals surface area contributed by atoms with Crippen molar-refractivity contribution in [2.75, 3.05) is 19.7 Å². The molecule has 1 amide bonds. The summed E-state index contributed by atoms with van der Waals surface area (Å²) < 4.78 is 5.62. The van der Waals surface area contributed by atoms with Crippen LogP contribution in [0.1, 0.15) is 30.6 Å². The predicted octanol–water partition coefficient (Wildman–Crippen LogP) is 2.27. The summed E-state index contributed by atoms with van der Waals surface area (Å²) in [5, 5.41) is 8.99. The average Bonchev–Trinajstić information content (AvgIpc) is 2.94. The van der Waals surface area contributed by atoms with E-state index in [1.807, 2.05) is 6.07 Å². The van der Waals surface area contributed by atoms with Gasteiger partial charge in [-0.05, 0) is 30.5 Å². The number of carbonyl (C=O) groups is 2. The molecule has 1 heterocycles. The van der Waals surface area contributed by atoms with Crippen molar-refractivity contribution in [1.29, 1.82) is 0 Å². The van der Waals surface area contributed by atoms with Crippen molar-refractivity contribution in [3.63, 3.8) is 0 Å². The zero-order valence-corrected chi connectivity index (χ0v) is 12.4. The van der Waals surface area contributed by atoms with Crippen LogP contribution in [0.15, 0.2) is 24.3 Å². The first-order chi connectivity index (χ1) is 9.97. The third kappa shape index (κ3) is 3.97. The summed E-state index contributed by atoms with van der Waals surface area (Å²) >= 11 is 0. The summed E-state index contributed by atoms with van der Waals surface area (Å²) in [6, 6.07) is 7.06. The molecule has 2 rings (SSSR count). The first-order valence-electron chi connectivity index (χ1n) is 7.22. The number of hydrogen-bond acceptors (Lipinski definition) is 3. The molecule has 1 N–H and O–H groups in total. The topological polar surface area (TPSA) is 66.8 Å². The fourth-order valence-electron chi connectivity index (χ4n) is 2.31. The maximum absolute atomic E-state index is 12.4. The molecule has 0 bridgehead atoms. The Bertz CT molecular complexity index is 527. The zero-order valence-electron chi connectivity index (χ0n) is 12.4. The van der Waals surface area contributed by atoms with Crippen LogP contribution in [0.5, 0.6) is 5.75 Å². The Morgan fingerprint density at radius 3 is 2.81 bits per heavy atom. The molecule has 0 saturated carbocycles. The second-order valence-corrected chi connectivity index (χ2v) is 5.81. The molecule has 0 spiro atoms. The van der Waals surface area contributed by atoms with E-state index in [1.165, 1.54) is 0 Å². The van der Waals surface area contributed by atoms with E-state index in [-0.39, 0.29) is 12.5 Å². The zero-order chi connectivity index (χ0) is 15.4. The van der Waals surface area contributed by atoms with Gasteiger partial charge >= 0.3 is 5.97 Å². The van der Waals surface area contributed by atoms with Crippen molar-refractivity contribution >= 4 is 11.9 Å². The summed E-state index contributed by atoms with van der Waals surface area (Å²) in [5.41, 5.74) is 0.544. The van der Waals surface area contributed by atoms with Crippen LogP contribution in [0.4, 0.5) is 0 Å². The molecular formula is C16H21NO4. The number of carboxylic acids is 1. The van der Waals surface area contributed by atoms with Gasteiger partial charge in [0.2, 0.25) is 0 Å². The Morgan fingerprint density at radius 1 is 1.43 bits per heavy atom. The molecule has 5 nitrogen and oxygen atoms in total. The van der Waals surface area contributed by atoms with Gasteiger partial charge in [0.15, 0.2) is 0 Å². The molecular weight excluding hydrogens is 270 g/mol. The maximum Gasteiger partial charge on any atom is 0.308 e. The van der Waals surface area contributed by atoms with Crippen LogP contribution in [0.3, 0.4) is 0 Å². The normalized spacial score (nSPS) is 18.0. The molecule has 114 valence electrons. The first-order valence-corrected chi connectivity index (χ1v) is 7.22. The monoisotopic (exact) mass is 291 g/mol. The number of ether oxygens (including phenoxy) is 1. The molecule has 1 aliphatic heterocycles. The summed E-state index contributed by atoms with van der Waals surface area (Å²) in [6.07, 6.45) is 0.518. The molecule has 1 aliphatic rings. The standard InChI is InChI=1S/C16H21NO4/c1-11(2)10-21-14-5-3-4-12(8-14)15(18)17-7-6-13(9-17)16(19)20/h3-5,8,11,13H,6-7,9-10H2,1-2H3,(H,19,20). The fraction of sp³-hybridized carbons (Fsp3) is 0.500. The van der Waals surface area contributed by atoms with Crippen molar-refractivity contribution in [2.24, 2.45) is 11.8 Å². The summed E-state index contributed by atoms with van der Waals surface area (Å²) in [7, 11) is 0. The van der Waals surface area contributed by atoms with E-state index in [4.69, 9.17) is 9.84 Å². The lowest BCUT2D eigenvalue weighted by molar-refractivity contribution is -0.141. The van der Waals surface area contributed by atoms with Crippen LogP contribution in [-0.4, -0.2) is 41.6 Å². The minimum Gasteiger partial charge on any atom is -0.493 e. The van der Waals surface area contributed by atoms with Gasteiger partial charge in [-0.3, -0.25) is 9.59 Å². The largest absolute Gasteiger partial charge is 0.493 e. The Balaban J connectivity index is 2.03. The molecule has 1 saturated heterocycles. The minimum atomic E-state index is -0.834. The Kier molecular flexibility index (Phi) is 4.83. The van der Waals surface area contributed by atoms with E-state index >= 15 is 0 Å². The van der Waals surface area contributed by atoms with Crippen molar-refractivity contribution in [2.45, 2.75) is 20.3 Å². The van der Waals surface area contributed by atoms with E-state index in [0.717, 1.165) is 0 Å². The Hall–Kier alpha value is -2.04. The molecule has 0 radical (unpaired) electrons. The van der Waals surface area contributed by atoms with Gasteiger partial charge < -0.3 is 14.7 Å². The summed E-state index contributed by atoms with van der Waals surface area (Å²) in [5.74, 6) is -0.329. The second kappa shape index (κ2) is 6.61. The van der Waals surface area contributed by atoms with E-state index in [9.17, 15) is 9.59 Å². The van der Waals surface area contributed by atoms with E-state index in [1.54, 1.807) is 23.1 Å². The molecule has 0 aliphatic carbocycles. The van der Waals surface area contributed by atoms with Gasteiger partial charge in [-0.2, -0.15) is 0 Å². The van der Waals surface area contributed by atoms with Gasteiger partial charge in [-0.15, -0.1) is 0 Å². The van der Waals surface area contributed by atoms with E-state index in [2.05, 4.69) is 13.8 Å².